The second-order valence-corrected chi connectivity index (χ2v) is 13.7. The minimum absolute atomic E-state index is 0.154. The lowest BCUT2D eigenvalue weighted by molar-refractivity contribution is 0.0524. The molecule has 0 bridgehead atoms. The van der Waals surface area contributed by atoms with Gasteiger partial charge >= 0.3 is 0 Å². The van der Waals surface area contributed by atoms with Crippen LogP contribution in [-0.2, 0) is 19.4 Å². The molecule has 5 nitrogen and oxygen atoms in total. The molecule has 4 rings (SSSR count). The number of allylic oxidation sites excluding steroid dienone is 6. The highest BCUT2D eigenvalue weighted by Gasteiger charge is 2.36. The van der Waals surface area contributed by atoms with Crippen molar-refractivity contribution in [2.75, 3.05) is 27.5 Å². The van der Waals surface area contributed by atoms with E-state index in [-0.39, 0.29) is 5.60 Å². The zero-order valence-electron chi connectivity index (χ0n) is 29.5. The van der Waals surface area contributed by atoms with Gasteiger partial charge in [-0.05, 0) is 135 Å². The molecule has 2 aromatic carbocycles. The molecule has 0 aromatic heterocycles. The van der Waals surface area contributed by atoms with Gasteiger partial charge in [0.2, 0.25) is 0 Å². The van der Waals surface area contributed by atoms with Crippen LogP contribution in [0.3, 0.4) is 0 Å². The van der Waals surface area contributed by atoms with Crippen LogP contribution in [0, 0.1) is 13.8 Å². The van der Waals surface area contributed by atoms with E-state index in [2.05, 4.69) is 83.7 Å². The molecule has 0 unspecified atom stereocenters. The van der Waals surface area contributed by atoms with Crippen molar-refractivity contribution >= 4 is 0 Å². The summed E-state index contributed by atoms with van der Waals surface area (Å²) in [5.74, 6) is 3.70. The van der Waals surface area contributed by atoms with Crippen molar-refractivity contribution in [1.82, 2.24) is 4.90 Å². The molecule has 5 heteroatoms. The van der Waals surface area contributed by atoms with Gasteiger partial charge in [-0.3, -0.25) is 4.90 Å². The van der Waals surface area contributed by atoms with Gasteiger partial charge in [0.25, 0.3) is 0 Å². The summed E-state index contributed by atoms with van der Waals surface area (Å²) in [5, 5.41) is 0. The normalized spacial score (nSPS) is 18.4. The highest BCUT2D eigenvalue weighted by molar-refractivity contribution is 5.60. The third-order valence-corrected chi connectivity index (χ3v) is 9.63. The molecule has 2 aromatic rings. The molecule has 0 saturated carbocycles. The fourth-order valence-electron chi connectivity index (χ4n) is 6.55. The Labute approximate surface area is 273 Å². The Morgan fingerprint density at radius 3 is 2.22 bits per heavy atom. The Bertz CT molecular complexity index is 1410. The van der Waals surface area contributed by atoms with E-state index in [9.17, 15) is 0 Å². The summed E-state index contributed by atoms with van der Waals surface area (Å²) in [6.45, 7) is 18.0. The molecule has 2 aliphatic rings. The number of hydrogen-bond donors (Lipinski definition) is 0. The third-order valence-electron chi connectivity index (χ3n) is 9.63. The molecule has 0 spiro atoms. The molecule has 246 valence electrons. The third kappa shape index (κ3) is 9.19. The van der Waals surface area contributed by atoms with E-state index in [0.29, 0.717) is 6.73 Å². The van der Waals surface area contributed by atoms with Crippen molar-refractivity contribution in [3.05, 3.63) is 81.0 Å². The highest BCUT2D eigenvalue weighted by atomic mass is 16.5. The average Bonchev–Trinajstić information content (AvgIpc) is 3.02. The van der Waals surface area contributed by atoms with Crippen LogP contribution in [0.2, 0.25) is 0 Å². The van der Waals surface area contributed by atoms with Crippen molar-refractivity contribution in [1.29, 1.82) is 0 Å². The van der Waals surface area contributed by atoms with Crippen LogP contribution in [0.25, 0.3) is 0 Å². The lowest BCUT2D eigenvalue weighted by Crippen LogP contribution is -2.39. The van der Waals surface area contributed by atoms with Gasteiger partial charge in [-0.15, -0.1) is 0 Å². The lowest BCUT2D eigenvalue weighted by Gasteiger charge is -2.40. The van der Waals surface area contributed by atoms with Crippen LogP contribution in [0.4, 0.5) is 0 Å². The van der Waals surface area contributed by atoms with E-state index in [1.807, 2.05) is 6.07 Å². The molecule has 0 aliphatic carbocycles. The topological polar surface area (TPSA) is 40.2 Å². The predicted molar refractivity (Wildman–Crippen MR) is 187 cm³/mol. The van der Waals surface area contributed by atoms with E-state index in [0.717, 1.165) is 93.9 Å². The van der Waals surface area contributed by atoms with Crippen LogP contribution in [-0.4, -0.2) is 38.0 Å². The molecule has 2 heterocycles. The number of methoxy groups -OCH3 is 2. The first-order chi connectivity index (χ1) is 21.5. The second kappa shape index (κ2) is 15.9. The monoisotopic (exact) mass is 615 g/mol. The highest BCUT2D eigenvalue weighted by Crippen LogP contribution is 2.46. The fourth-order valence-corrected chi connectivity index (χ4v) is 6.55. The van der Waals surface area contributed by atoms with Gasteiger partial charge in [0, 0.05) is 24.2 Å². The lowest BCUT2D eigenvalue weighted by atomic mass is 9.84. The quantitative estimate of drug-likeness (QED) is 0.198. The first-order valence-electron chi connectivity index (χ1n) is 16.9. The average molecular weight is 616 g/mol. The van der Waals surface area contributed by atoms with Crippen molar-refractivity contribution in [2.45, 2.75) is 118 Å². The first-order valence-corrected chi connectivity index (χ1v) is 16.9. The smallest absolute Gasteiger partial charge is 0.160 e. The van der Waals surface area contributed by atoms with Gasteiger partial charge in [-0.2, -0.15) is 0 Å². The summed E-state index contributed by atoms with van der Waals surface area (Å²) in [6, 6.07) is 6.18. The molecule has 0 amide bonds. The van der Waals surface area contributed by atoms with Crippen LogP contribution in [0.15, 0.2) is 53.1 Å². The van der Waals surface area contributed by atoms with Crippen molar-refractivity contribution in [3.8, 4) is 23.0 Å². The van der Waals surface area contributed by atoms with E-state index in [1.54, 1.807) is 14.2 Å². The number of fused-ring (bicyclic) bond motifs is 3. The maximum absolute atomic E-state index is 6.91. The number of rotatable bonds is 14. The second-order valence-electron chi connectivity index (χ2n) is 13.7. The summed E-state index contributed by atoms with van der Waals surface area (Å²) >= 11 is 0. The molecule has 2 aliphatic heterocycles. The van der Waals surface area contributed by atoms with Gasteiger partial charge in [0.15, 0.2) is 11.5 Å². The Kier molecular flexibility index (Phi) is 12.2. The minimum Gasteiger partial charge on any atom is -0.493 e. The largest absolute Gasteiger partial charge is 0.493 e. The SMILES string of the molecule is COc1ccc(CCN2COc3c(C)c(C)c4c(c3C2)CC[C@@](C)(CC/C=C(\C)CC/C=C(\C)CCC=C(C)C)O4)cc1OC. The Morgan fingerprint density at radius 2 is 1.53 bits per heavy atom. The van der Waals surface area contributed by atoms with Gasteiger partial charge in [-0.1, -0.05) is 41.0 Å². The van der Waals surface area contributed by atoms with Gasteiger partial charge in [0.05, 0.1) is 14.2 Å². The standard InChI is InChI=1S/C40H57NO4/c1-28(2)13-10-14-29(3)15-11-16-30(4)17-12-22-40(7)23-20-34-35-26-41(27-44-38(35)31(5)32(6)39(34)45-40)24-21-33-18-19-36(42-8)37(25-33)43-9/h13,15,17-19,25H,10-12,14,16,20-24,26-27H2,1-9H3/b29-15+,30-17+/t40-/m1/s1. The van der Waals surface area contributed by atoms with Crippen LogP contribution in [0.5, 0.6) is 23.0 Å². The molecule has 0 fully saturated rings. The van der Waals surface area contributed by atoms with Crippen LogP contribution < -0.4 is 18.9 Å². The molecule has 0 N–H and O–H groups in total. The molecule has 0 radical (unpaired) electrons. The summed E-state index contributed by atoms with van der Waals surface area (Å²) < 4.78 is 24.2. The summed E-state index contributed by atoms with van der Waals surface area (Å²) in [5.41, 5.74) is 10.6. The fraction of sp³-hybridized carbons (Fsp3) is 0.550. The number of hydrogen-bond acceptors (Lipinski definition) is 5. The van der Waals surface area contributed by atoms with Gasteiger partial charge < -0.3 is 18.9 Å². The van der Waals surface area contributed by atoms with Gasteiger partial charge in [-0.25, -0.2) is 0 Å². The van der Waals surface area contributed by atoms with Gasteiger partial charge in [0.1, 0.15) is 23.8 Å². The zero-order chi connectivity index (χ0) is 32.6. The number of benzene rings is 2. The molecule has 45 heavy (non-hydrogen) atoms. The Hall–Kier alpha value is -3.18. The number of nitrogens with zero attached hydrogens (tertiary/aromatic N) is 1. The Morgan fingerprint density at radius 1 is 0.867 bits per heavy atom. The summed E-state index contributed by atoms with van der Waals surface area (Å²) in [6.07, 6.45) is 16.8. The van der Waals surface area contributed by atoms with E-state index in [4.69, 9.17) is 18.9 Å². The molecule has 0 saturated heterocycles. The molecule has 1 atom stereocenters. The maximum atomic E-state index is 6.91. The molecular weight excluding hydrogens is 558 g/mol. The summed E-state index contributed by atoms with van der Waals surface area (Å²) in [4.78, 5) is 2.40. The van der Waals surface area contributed by atoms with E-state index < -0.39 is 0 Å². The van der Waals surface area contributed by atoms with E-state index >= 15 is 0 Å². The van der Waals surface area contributed by atoms with Crippen molar-refractivity contribution < 1.29 is 18.9 Å². The summed E-state index contributed by atoms with van der Waals surface area (Å²) in [7, 11) is 3.36. The minimum atomic E-state index is -0.154. The number of ether oxygens (including phenoxy) is 4. The predicted octanol–water partition coefficient (Wildman–Crippen LogP) is 10.00. The van der Waals surface area contributed by atoms with Crippen molar-refractivity contribution in [3.63, 3.8) is 0 Å². The van der Waals surface area contributed by atoms with Crippen molar-refractivity contribution in [2.24, 2.45) is 0 Å². The Balaban J connectivity index is 1.35. The van der Waals surface area contributed by atoms with Crippen LogP contribution >= 0.6 is 0 Å². The zero-order valence-corrected chi connectivity index (χ0v) is 29.5. The first kappa shape index (κ1) is 34.7. The van der Waals surface area contributed by atoms with E-state index in [1.165, 1.54) is 44.5 Å². The molecular formula is C40H57NO4. The van der Waals surface area contributed by atoms with Crippen LogP contribution in [0.1, 0.15) is 107 Å². The maximum Gasteiger partial charge on any atom is 0.160 e.